The van der Waals surface area contributed by atoms with Crippen molar-refractivity contribution in [3.8, 4) is 0 Å². The zero-order chi connectivity index (χ0) is 12.6. The fraction of sp³-hybridized carbons (Fsp3) is 0.143. The van der Waals surface area contributed by atoms with E-state index in [1.165, 1.54) is 4.68 Å². The van der Waals surface area contributed by atoms with Crippen LogP contribution < -0.4 is 5.73 Å². The number of aromatic nitrogens is 2. The van der Waals surface area contributed by atoms with Gasteiger partial charge in [-0.25, -0.2) is 0 Å². The van der Waals surface area contributed by atoms with Crippen LogP contribution in [0.25, 0.3) is 10.9 Å². The molecule has 1 unspecified atom stereocenters. The molecule has 0 bridgehead atoms. The number of nitrogens with zero attached hydrogens (tertiary/aromatic N) is 2. The maximum absolute atomic E-state index is 12.5. The van der Waals surface area contributed by atoms with E-state index in [4.69, 9.17) is 5.73 Å². The fourth-order valence-electron chi connectivity index (χ4n) is 2.13. The molecule has 0 aliphatic heterocycles. The van der Waals surface area contributed by atoms with E-state index in [1.807, 2.05) is 36.4 Å². The molecule has 0 saturated carbocycles. The van der Waals surface area contributed by atoms with Gasteiger partial charge in [0.2, 0.25) is 0 Å². The van der Waals surface area contributed by atoms with Crippen LogP contribution in [0.4, 0.5) is 0 Å². The number of nitrogens with two attached hydrogens (primary N) is 1. The first kappa shape index (κ1) is 10.9. The topological polar surface area (TPSA) is 60.9 Å². The van der Waals surface area contributed by atoms with E-state index in [2.05, 4.69) is 5.10 Å². The molecule has 3 rings (SSSR count). The lowest BCUT2D eigenvalue weighted by Gasteiger charge is -2.24. The molecule has 0 spiro atoms. The van der Waals surface area contributed by atoms with Gasteiger partial charge in [0.1, 0.15) is 5.54 Å². The van der Waals surface area contributed by atoms with Crippen LogP contribution in [0, 0.1) is 0 Å². The van der Waals surface area contributed by atoms with Crippen molar-refractivity contribution >= 4 is 16.8 Å². The fourth-order valence-corrected chi connectivity index (χ4v) is 2.13. The molecular weight excluding hydrogens is 226 g/mol. The molecule has 18 heavy (non-hydrogen) atoms. The minimum absolute atomic E-state index is 0.204. The van der Waals surface area contributed by atoms with E-state index >= 15 is 0 Å². The van der Waals surface area contributed by atoms with E-state index in [0.29, 0.717) is 6.42 Å². The van der Waals surface area contributed by atoms with Gasteiger partial charge in [-0.05, 0) is 12.5 Å². The molecule has 0 radical (unpaired) electrons. The minimum atomic E-state index is -0.996. The Kier molecular flexibility index (Phi) is 2.38. The van der Waals surface area contributed by atoms with Crippen molar-refractivity contribution in [2.45, 2.75) is 12.0 Å². The van der Waals surface area contributed by atoms with Crippen LogP contribution in [0.3, 0.4) is 0 Å². The molecule has 1 aromatic heterocycles. The summed E-state index contributed by atoms with van der Waals surface area (Å²) >= 11 is 0. The highest BCUT2D eigenvalue weighted by Gasteiger charge is 2.33. The van der Waals surface area contributed by atoms with Gasteiger partial charge in [0, 0.05) is 5.39 Å². The van der Waals surface area contributed by atoms with E-state index < -0.39 is 5.54 Å². The summed E-state index contributed by atoms with van der Waals surface area (Å²) in [5, 5.41) is 5.08. The molecule has 0 amide bonds. The number of benzene rings is 1. The molecule has 1 atom stereocenters. The number of allylic oxidation sites excluding steroid dienone is 2. The second-order valence-electron chi connectivity index (χ2n) is 4.45. The SMILES string of the molecule is NC1(C(=O)n2ncc3ccccc32)C=CC=CC1. The molecule has 1 aromatic carbocycles. The summed E-state index contributed by atoms with van der Waals surface area (Å²) in [6.45, 7) is 0. The van der Waals surface area contributed by atoms with Gasteiger partial charge in [0.15, 0.2) is 0 Å². The van der Waals surface area contributed by atoms with Gasteiger partial charge in [0.25, 0.3) is 5.91 Å². The zero-order valence-electron chi connectivity index (χ0n) is 9.78. The lowest BCUT2D eigenvalue weighted by Crippen LogP contribution is -2.49. The third-order valence-corrected chi connectivity index (χ3v) is 3.16. The predicted molar refractivity (Wildman–Crippen MR) is 70.2 cm³/mol. The Labute approximate surface area is 104 Å². The Morgan fingerprint density at radius 3 is 2.94 bits per heavy atom. The van der Waals surface area contributed by atoms with E-state index in [9.17, 15) is 4.79 Å². The third-order valence-electron chi connectivity index (χ3n) is 3.16. The quantitative estimate of drug-likeness (QED) is 0.826. The van der Waals surface area contributed by atoms with Gasteiger partial charge in [-0.1, -0.05) is 42.5 Å². The van der Waals surface area contributed by atoms with Crippen molar-refractivity contribution in [1.29, 1.82) is 0 Å². The van der Waals surface area contributed by atoms with Crippen molar-refractivity contribution in [1.82, 2.24) is 9.78 Å². The highest BCUT2D eigenvalue weighted by Crippen LogP contribution is 2.20. The van der Waals surface area contributed by atoms with Crippen LogP contribution in [0.15, 0.2) is 54.8 Å². The first-order valence-electron chi connectivity index (χ1n) is 5.81. The Hall–Kier alpha value is -2.20. The zero-order valence-corrected chi connectivity index (χ0v) is 9.78. The maximum atomic E-state index is 12.5. The molecule has 4 heteroatoms. The van der Waals surface area contributed by atoms with Crippen molar-refractivity contribution in [2.75, 3.05) is 0 Å². The Morgan fingerprint density at radius 1 is 1.33 bits per heavy atom. The van der Waals surface area contributed by atoms with Gasteiger partial charge in [-0.3, -0.25) is 4.79 Å². The summed E-state index contributed by atoms with van der Waals surface area (Å²) in [5.41, 5.74) is 5.93. The minimum Gasteiger partial charge on any atom is -0.314 e. The summed E-state index contributed by atoms with van der Waals surface area (Å²) in [7, 11) is 0. The number of carbonyl (C=O) groups is 1. The summed E-state index contributed by atoms with van der Waals surface area (Å²) in [4.78, 5) is 12.5. The highest BCUT2D eigenvalue weighted by atomic mass is 16.2. The van der Waals surface area contributed by atoms with Crippen LogP contribution >= 0.6 is 0 Å². The van der Waals surface area contributed by atoms with Crippen LogP contribution in [0.1, 0.15) is 11.2 Å². The number of rotatable bonds is 1. The van der Waals surface area contributed by atoms with Gasteiger partial charge in [0.05, 0.1) is 11.7 Å². The van der Waals surface area contributed by atoms with Crippen molar-refractivity contribution in [2.24, 2.45) is 5.73 Å². The predicted octanol–water partition coefficient (Wildman–Crippen LogP) is 1.89. The number of fused-ring (bicyclic) bond motifs is 1. The van der Waals surface area contributed by atoms with E-state index in [-0.39, 0.29) is 5.91 Å². The number of hydrogen-bond donors (Lipinski definition) is 1. The molecular formula is C14H13N3O. The monoisotopic (exact) mass is 239 g/mol. The standard InChI is InChI=1S/C14H13N3O/c15-14(8-4-1-5-9-14)13(18)17-12-7-3-2-6-11(12)10-16-17/h1-8,10H,9,15H2. The lowest BCUT2D eigenvalue weighted by atomic mass is 9.91. The van der Waals surface area contributed by atoms with Gasteiger partial charge >= 0.3 is 0 Å². The van der Waals surface area contributed by atoms with Crippen LogP contribution in [-0.2, 0) is 0 Å². The Balaban J connectivity index is 2.07. The summed E-state index contributed by atoms with van der Waals surface area (Å²) in [6.07, 6.45) is 9.48. The van der Waals surface area contributed by atoms with Crippen LogP contribution in [0.2, 0.25) is 0 Å². The van der Waals surface area contributed by atoms with Crippen LogP contribution in [0.5, 0.6) is 0 Å². The number of carbonyl (C=O) groups excluding carboxylic acids is 1. The molecule has 2 N–H and O–H groups in total. The largest absolute Gasteiger partial charge is 0.314 e. The third kappa shape index (κ3) is 1.58. The second kappa shape index (κ2) is 3.92. The first-order valence-corrected chi connectivity index (χ1v) is 5.81. The normalized spacial score (nSPS) is 22.5. The highest BCUT2D eigenvalue weighted by molar-refractivity contribution is 5.97. The Bertz CT molecular complexity index is 668. The summed E-state index contributed by atoms with van der Waals surface area (Å²) in [6, 6.07) is 7.59. The molecule has 0 saturated heterocycles. The first-order chi connectivity index (χ1) is 8.71. The molecule has 0 fully saturated rings. The Morgan fingerprint density at radius 2 is 2.17 bits per heavy atom. The van der Waals surface area contributed by atoms with Gasteiger partial charge < -0.3 is 5.73 Å². The van der Waals surface area contributed by atoms with Crippen LogP contribution in [-0.4, -0.2) is 21.2 Å². The average molecular weight is 239 g/mol. The van der Waals surface area contributed by atoms with Crippen molar-refractivity contribution < 1.29 is 4.79 Å². The summed E-state index contributed by atoms with van der Waals surface area (Å²) < 4.78 is 1.39. The van der Waals surface area contributed by atoms with Gasteiger partial charge in [-0.15, -0.1) is 0 Å². The molecule has 4 nitrogen and oxygen atoms in total. The molecule has 1 heterocycles. The number of para-hydroxylation sites is 1. The van der Waals surface area contributed by atoms with E-state index in [1.54, 1.807) is 18.3 Å². The average Bonchev–Trinajstić information content (AvgIpc) is 2.82. The van der Waals surface area contributed by atoms with Gasteiger partial charge in [-0.2, -0.15) is 9.78 Å². The van der Waals surface area contributed by atoms with Crippen molar-refractivity contribution in [3.63, 3.8) is 0 Å². The smallest absolute Gasteiger partial charge is 0.271 e. The molecule has 1 aliphatic rings. The summed E-state index contributed by atoms with van der Waals surface area (Å²) in [5.74, 6) is -0.204. The lowest BCUT2D eigenvalue weighted by molar-refractivity contribution is 0.0825. The molecule has 90 valence electrons. The molecule has 1 aliphatic carbocycles. The molecule has 2 aromatic rings. The second-order valence-corrected chi connectivity index (χ2v) is 4.45. The maximum Gasteiger partial charge on any atom is 0.271 e. The number of hydrogen-bond acceptors (Lipinski definition) is 3. The van der Waals surface area contributed by atoms with Crippen molar-refractivity contribution in [3.05, 3.63) is 54.8 Å². The van der Waals surface area contributed by atoms with E-state index in [0.717, 1.165) is 10.9 Å².